The maximum atomic E-state index is 5.15. The first-order chi connectivity index (χ1) is 26.8. The lowest BCUT2D eigenvalue weighted by Crippen LogP contribution is -1.99. The summed E-state index contributed by atoms with van der Waals surface area (Å²) in [7, 11) is 0. The molecule has 0 spiro atoms. The van der Waals surface area contributed by atoms with E-state index in [4.69, 9.17) is 9.97 Å². The van der Waals surface area contributed by atoms with Crippen molar-refractivity contribution in [2.45, 2.75) is 0 Å². The van der Waals surface area contributed by atoms with Gasteiger partial charge >= 0.3 is 0 Å². The summed E-state index contributed by atoms with van der Waals surface area (Å²) in [5, 5.41) is 5.95. The molecule has 252 valence electrons. The van der Waals surface area contributed by atoms with Gasteiger partial charge in [0.1, 0.15) is 0 Å². The molecule has 8 aromatic carbocycles. The van der Waals surface area contributed by atoms with Gasteiger partial charge in [0.2, 0.25) is 0 Å². The van der Waals surface area contributed by atoms with Gasteiger partial charge in [0.25, 0.3) is 0 Å². The SMILES string of the molecule is c1ccc(-c2ccc(-n3c4ccccc4c4ccc5c6ccccc6n(-c6ccc(-c7nc(-c8ccccc8)c8ccccc8n7)cc6)c5c43)cc2)cc1. The second-order valence-electron chi connectivity index (χ2n) is 13.8. The van der Waals surface area contributed by atoms with Crippen LogP contribution in [0.25, 0.3) is 99.7 Å². The molecular formula is C50H32N4. The van der Waals surface area contributed by atoms with Crippen molar-refractivity contribution in [3.05, 3.63) is 194 Å². The van der Waals surface area contributed by atoms with Crippen LogP contribution in [-0.2, 0) is 0 Å². The minimum atomic E-state index is 0.711. The zero-order chi connectivity index (χ0) is 35.6. The summed E-state index contributed by atoms with van der Waals surface area (Å²) >= 11 is 0. The van der Waals surface area contributed by atoms with E-state index in [1.54, 1.807) is 0 Å². The predicted molar refractivity (Wildman–Crippen MR) is 225 cm³/mol. The molecule has 3 aromatic heterocycles. The summed E-state index contributed by atoms with van der Waals surface area (Å²) in [5.74, 6) is 0.711. The van der Waals surface area contributed by atoms with E-state index in [1.165, 1.54) is 49.2 Å². The summed E-state index contributed by atoms with van der Waals surface area (Å²) < 4.78 is 4.88. The molecule has 0 aliphatic carbocycles. The van der Waals surface area contributed by atoms with Crippen molar-refractivity contribution in [1.82, 2.24) is 19.1 Å². The third kappa shape index (κ3) is 4.70. The molecule has 3 heterocycles. The Labute approximate surface area is 311 Å². The molecule has 11 rings (SSSR count). The molecule has 0 atom stereocenters. The molecule has 0 aliphatic rings. The van der Waals surface area contributed by atoms with Crippen LogP contribution in [0.3, 0.4) is 0 Å². The highest BCUT2D eigenvalue weighted by molar-refractivity contribution is 6.23. The van der Waals surface area contributed by atoms with Crippen LogP contribution < -0.4 is 0 Å². The highest BCUT2D eigenvalue weighted by Gasteiger charge is 2.21. The van der Waals surface area contributed by atoms with E-state index in [-0.39, 0.29) is 0 Å². The van der Waals surface area contributed by atoms with Gasteiger partial charge in [-0.1, -0.05) is 140 Å². The quantitative estimate of drug-likeness (QED) is 0.180. The van der Waals surface area contributed by atoms with E-state index in [2.05, 4.69) is 191 Å². The fourth-order valence-electron chi connectivity index (χ4n) is 8.25. The smallest absolute Gasteiger partial charge is 0.160 e. The van der Waals surface area contributed by atoms with Gasteiger partial charge in [0, 0.05) is 49.4 Å². The van der Waals surface area contributed by atoms with E-state index >= 15 is 0 Å². The Kier molecular flexibility index (Phi) is 6.82. The Bertz CT molecular complexity index is 3170. The average molecular weight is 689 g/mol. The Morgan fingerprint density at radius 2 is 0.741 bits per heavy atom. The molecule has 0 saturated heterocycles. The lowest BCUT2D eigenvalue weighted by atomic mass is 10.1. The number of para-hydroxylation sites is 3. The normalized spacial score (nSPS) is 11.7. The largest absolute Gasteiger partial charge is 0.307 e. The maximum absolute atomic E-state index is 5.15. The van der Waals surface area contributed by atoms with Crippen LogP contribution in [-0.4, -0.2) is 19.1 Å². The van der Waals surface area contributed by atoms with E-state index in [0.29, 0.717) is 5.82 Å². The van der Waals surface area contributed by atoms with Crippen molar-refractivity contribution in [2.75, 3.05) is 0 Å². The van der Waals surface area contributed by atoms with Gasteiger partial charge in [-0.25, -0.2) is 9.97 Å². The summed E-state index contributed by atoms with van der Waals surface area (Å²) in [6.07, 6.45) is 0. The number of hydrogen-bond acceptors (Lipinski definition) is 2. The van der Waals surface area contributed by atoms with Crippen LogP contribution >= 0.6 is 0 Å². The monoisotopic (exact) mass is 688 g/mol. The first kappa shape index (κ1) is 30.3. The fourth-order valence-corrected chi connectivity index (χ4v) is 8.25. The Hall–Kier alpha value is -7.30. The second-order valence-corrected chi connectivity index (χ2v) is 13.8. The van der Waals surface area contributed by atoms with Crippen LogP contribution in [0.5, 0.6) is 0 Å². The minimum absolute atomic E-state index is 0.711. The molecule has 4 heteroatoms. The maximum Gasteiger partial charge on any atom is 0.160 e. The molecule has 0 fully saturated rings. The number of aromatic nitrogens is 4. The van der Waals surface area contributed by atoms with Crippen molar-refractivity contribution in [3.8, 4) is 45.1 Å². The summed E-state index contributed by atoms with van der Waals surface area (Å²) in [5.41, 5.74) is 13.3. The molecule has 0 amide bonds. The highest BCUT2D eigenvalue weighted by Crippen LogP contribution is 2.42. The van der Waals surface area contributed by atoms with Gasteiger partial charge in [-0.3, -0.25) is 0 Å². The van der Waals surface area contributed by atoms with Crippen LogP contribution in [0.1, 0.15) is 0 Å². The molecule has 0 N–H and O–H groups in total. The number of rotatable bonds is 5. The van der Waals surface area contributed by atoms with E-state index in [1.807, 2.05) is 12.1 Å². The van der Waals surface area contributed by atoms with E-state index in [9.17, 15) is 0 Å². The number of benzene rings is 8. The molecule has 0 aliphatic heterocycles. The summed E-state index contributed by atoms with van der Waals surface area (Å²) in [6.45, 7) is 0. The lowest BCUT2D eigenvalue weighted by molar-refractivity contribution is 1.15. The van der Waals surface area contributed by atoms with Crippen LogP contribution in [0.2, 0.25) is 0 Å². The van der Waals surface area contributed by atoms with Crippen molar-refractivity contribution in [2.24, 2.45) is 0 Å². The molecule has 0 radical (unpaired) electrons. The van der Waals surface area contributed by atoms with Gasteiger partial charge in [-0.15, -0.1) is 0 Å². The van der Waals surface area contributed by atoms with E-state index < -0.39 is 0 Å². The van der Waals surface area contributed by atoms with Crippen LogP contribution in [0.4, 0.5) is 0 Å². The Morgan fingerprint density at radius 3 is 1.31 bits per heavy atom. The van der Waals surface area contributed by atoms with Gasteiger partial charge in [-0.2, -0.15) is 0 Å². The first-order valence-corrected chi connectivity index (χ1v) is 18.3. The lowest BCUT2D eigenvalue weighted by Gasteiger charge is -2.14. The standard InChI is InChI=1S/C50H32N4/c1-3-13-33(14-4-1)34-23-27-37(28-24-34)53-45-21-11-8-17-39(45)41-31-32-42-40-18-9-12-22-46(40)54(49(42)48(41)53)38-29-25-36(26-30-38)50-51-44-20-10-7-19-43(44)47(52-50)35-15-5-2-6-16-35/h1-32H. The number of fused-ring (bicyclic) bond motifs is 8. The molecule has 4 nitrogen and oxygen atoms in total. The molecule has 0 bridgehead atoms. The average Bonchev–Trinajstić information content (AvgIpc) is 3.77. The molecule has 0 unspecified atom stereocenters. The van der Waals surface area contributed by atoms with Gasteiger partial charge in [0.15, 0.2) is 5.82 Å². The fraction of sp³-hybridized carbons (Fsp3) is 0. The minimum Gasteiger partial charge on any atom is -0.307 e. The van der Waals surface area contributed by atoms with Gasteiger partial charge < -0.3 is 9.13 Å². The topological polar surface area (TPSA) is 35.6 Å². The molecule has 0 saturated carbocycles. The number of nitrogens with zero attached hydrogens (tertiary/aromatic N) is 4. The Morgan fingerprint density at radius 1 is 0.296 bits per heavy atom. The van der Waals surface area contributed by atoms with Crippen LogP contribution in [0, 0.1) is 0 Å². The highest BCUT2D eigenvalue weighted by atomic mass is 15.0. The van der Waals surface area contributed by atoms with Crippen molar-refractivity contribution in [1.29, 1.82) is 0 Å². The third-order valence-corrected chi connectivity index (χ3v) is 10.7. The predicted octanol–water partition coefficient (Wildman–Crippen LogP) is 12.8. The second kappa shape index (κ2) is 12.1. The van der Waals surface area contributed by atoms with E-state index in [0.717, 1.165) is 44.6 Å². The Balaban J connectivity index is 1.13. The zero-order valence-electron chi connectivity index (χ0n) is 29.3. The van der Waals surface area contributed by atoms with Crippen molar-refractivity contribution in [3.63, 3.8) is 0 Å². The third-order valence-electron chi connectivity index (χ3n) is 10.7. The molecule has 11 aromatic rings. The molecule has 54 heavy (non-hydrogen) atoms. The summed E-state index contributed by atoms with van der Waals surface area (Å²) in [4.78, 5) is 10.2. The summed E-state index contributed by atoms with van der Waals surface area (Å²) in [6, 6.07) is 69.0. The number of hydrogen-bond donors (Lipinski definition) is 0. The zero-order valence-corrected chi connectivity index (χ0v) is 29.3. The molecular weight excluding hydrogens is 657 g/mol. The van der Waals surface area contributed by atoms with Crippen LogP contribution in [0.15, 0.2) is 194 Å². The first-order valence-electron chi connectivity index (χ1n) is 18.3. The van der Waals surface area contributed by atoms with Gasteiger partial charge in [-0.05, 0) is 65.7 Å². The van der Waals surface area contributed by atoms with Gasteiger partial charge in [0.05, 0.1) is 33.3 Å². The van der Waals surface area contributed by atoms with Crippen molar-refractivity contribution < 1.29 is 0 Å². The van der Waals surface area contributed by atoms with Crippen molar-refractivity contribution >= 4 is 54.5 Å².